The lowest BCUT2D eigenvalue weighted by molar-refractivity contribution is -0.179. The number of aromatic nitrogens is 3. The number of amides is 1. The number of dihydropyridines is 1. The van der Waals surface area contributed by atoms with E-state index in [9.17, 15) is 22.4 Å². The largest absolute Gasteiger partial charge is 0.411 e. The minimum Gasteiger partial charge on any atom is -0.363 e. The van der Waals surface area contributed by atoms with E-state index in [0.717, 1.165) is 11.1 Å². The van der Waals surface area contributed by atoms with Crippen LogP contribution >= 0.6 is 0 Å². The van der Waals surface area contributed by atoms with Crippen molar-refractivity contribution in [1.82, 2.24) is 20.3 Å². The lowest BCUT2D eigenvalue weighted by atomic mass is 9.86. The van der Waals surface area contributed by atoms with Crippen LogP contribution in [-0.4, -0.2) is 58.7 Å². The molecule has 0 saturated heterocycles. The molecule has 1 aliphatic heterocycles. The van der Waals surface area contributed by atoms with E-state index in [4.69, 9.17) is 4.74 Å². The fourth-order valence-corrected chi connectivity index (χ4v) is 3.47. The number of aryl methyl sites for hydroxylation is 1. The summed E-state index contributed by atoms with van der Waals surface area (Å²) < 4.78 is 56.1. The minimum absolute atomic E-state index is 0.00344. The Morgan fingerprint density at radius 2 is 1.94 bits per heavy atom. The van der Waals surface area contributed by atoms with Crippen molar-refractivity contribution in [2.24, 2.45) is 4.99 Å². The molecule has 0 spiro atoms. The Morgan fingerprint density at radius 1 is 1.23 bits per heavy atom. The number of nitrogens with zero attached hydrogens (tertiary/aromatic N) is 4. The molecule has 3 rings (SSSR count). The Morgan fingerprint density at radius 3 is 2.51 bits per heavy atom. The van der Waals surface area contributed by atoms with E-state index < -0.39 is 31.6 Å². The monoisotopic (exact) mass is 495 g/mol. The summed E-state index contributed by atoms with van der Waals surface area (Å²) in [6, 6.07) is 6.96. The molecule has 0 fully saturated rings. The zero-order chi connectivity index (χ0) is 25.6. The number of carbonyl (C=O) groups excluding carboxylic acids is 1. The fourth-order valence-electron chi connectivity index (χ4n) is 3.47. The molecule has 0 radical (unpaired) electrons. The van der Waals surface area contributed by atoms with E-state index >= 15 is 0 Å². The maximum Gasteiger partial charge on any atom is 0.411 e. The molecule has 7 nitrogen and oxygen atoms in total. The molecular formula is C24H29F4N5O2. The number of carbonyl (C=O) groups is 1. The highest BCUT2D eigenvalue weighted by Crippen LogP contribution is 2.23. The Hall–Kier alpha value is -3.08. The van der Waals surface area contributed by atoms with Gasteiger partial charge in [-0.05, 0) is 22.6 Å². The maximum atomic E-state index is 12.9. The van der Waals surface area contributed by atoms with Gasteiger partial charge in [0.15, 0.2) is 0 Å². The molecule has 0 bridgehead atoms. The molecule has 2 aromatic rings. The zero-order valence-corrected chi connectivity index (χ0v) is 19.8. The predicted molar refractivity (Wildman–Crippen MR) is 123 cm³/mol. The van der Waals surface area contributed by atoms with Gasteiger partial charge in [-0.25, -0.2) is 9.07 Å². The van der Waals surface area contributed by atoms with Crippen molar-refractivity contribution in [2.75, 3.05) is 19.8 Å². The van der Waals surface area contributed by atoms with Gasteiger partial charge in [-0.2, -0.15) is 13.2 Å². The third-order valence-corrected chi connectivity index (χ3v) is 5.35. The minimum atomic E-state index is -4.44. The van der Waals surface area contributed by atoms with Crippen LogP contribution in [0.1, 0.15) is 43.6 Å². The van der Waals surface area contributed by atoms with Crippen molar-refractivity contribution >= 4 is 11.6 Å². The van der Waals surface area contributed by atoms with Gasteiger partial charge < -0.3 is 10.1 Å². The van der Waals surface area contributed by atoms with Gasteiger partial charge in [-0.15, -0.1) is 5.10 Å². The van der Waals surface area contributed by atoms with Gasteiger partial charge in [0.05, 0.1) is 37.5 Å². The highest BCUT2D eigenvalue weighted by atomic mass is 19.4. The summed E-state index contributed by atoms with van der Waals surface area (Å²) in [5.41, 5.74) is 2.68. The SMILES string of the molecule is CC(C)(C)c1ccc(CC(=O)N[C@@H](C2=NCC(OCC(F)(F)F)C=C2)c2cn(CCF)nn2)cc1. The second kappa shape index (κ2) is 11.1. The van der Waals surface area contributed by atoms with Gasteiger partial charge in [-0.3, -0.25) is 9.79 Å². The average molecular weight is 496 g/mol. The summed E-state index contributed by atoms with van der Waals surface area (Å²) in [6.45, 7) is 4.26. The summed E-state index contributed by atoms with van der Waals surface area (Å²) >= 11 is 0. The number of benzene rings is 1. The molecule has 0 saturated carbocycles. The number of ether oxygens (including phenoxy) is 1. The van der Waals surface area contributed by atoms with E-state index in [1.807, 2.05) is 24.3 Å². The van der Waals surface area contributed by atoms with Crippen molar-refractivity contribution in [3.8, 4) is 0 Å². The van der Waals surface area contributed by atoms with Gasteiger partial charge in [0.25, 0.3) is 0 Å². The second-order valence-corrected chi connectivity index (χ2v) is 9.31. The highest BCUT2D eigenvalue weighted by Gasteiger charge is 2.30. The number of hydrogen-bond donors (Lipinski definition) is 1. The third-order valence-electron chi connectivity index (χ3n) is 5.35. The molecule has 1 aromatic carbocycles. The molecule has 35 heavy (non-hydrogen) atoms. The first-order valence-corrected chi connectivity index (χ1v) is 11.2. The summed E-state index contributed by atoms with van der Waals surface area (Å²) in [4.78, 5) is 17.2. The van der Waals surface area contributed by atoms with Crippen LogP contribution in [0.25, 0.3) is 0 Å². The van der Waals surface area contributed by atoms with E-state index in [1.165, 1.54) is 23.0 Å². The first-order chi connectivity index (χ1) is 16.4. The van der Waals surface area contributed by atoms with Crippen molar-refractivity contribution in [1.29, 1.82) is 0 Å². The van der Waals surface area contributed by atoms with Gasteiger partial charge in [0.1, 0.15) is 25.0 Å². The first-order valence-electron chi connectivity index (χ1n) is 11.2. The maximum absolute atomic E-state index is 12.9. The van der Waals surface area contributed by atoms with Crippen LogP contribution in [-0.2, 0) is 27.9 Å². The van der Waals surface area contributed by atoms with Gasteiger partial charge in [0.2, 0.25) is 5.91 Å². The molecule has 11 heteroatoms. The van der Waals surface area contributed by atoms with Gasteiger partial charge in [-0.1, -0.05) is 56.3 Å². The molecule has 0 aliphatic carbocycles. The Labute approximate surface area is 201 Å². The number of aliphatic imine (C=N–C) groups is 1. The van der Waals surface area contributed by atoms with E-state index in [2.05, 4.69) is 41.4 Å². The van der Waals surface area contributed by atoms with Crippen LogP contribution in [0.2, 0.25) is 0 Å². The molecule has 1 N–H and O–H groups in total. The molecule has 1 unspecified atom stereocenters. The number of rotatable bonds is 9. The van der Waals surface area contributed by atoms with Crippen LogP contribution in [0.4, 0.5) is 17.6 Å². The summed E-state index contributed by atoms with van der Waals surface area (Å²) in [5, 5.41) is 10.8. The lowest BCUT2D eigenvalue weighted by Crippen LogP contribution is -2.36. The molecule has 1 aliphatic rings. The highest BCUT2D eigenvalue weighted by molar-refractivity contribution is 6.02. The normalized spacial score (nSPS) is 17.2. The zero-order valence-electron chi connectivity index (χ0n) is 19.8. The number of hydrogen-bond acceptors (Lipinski definition) is 5. The smallest absolute Gasteiger partial charge is 0.363 e. The topological polar surface area (TPSA) is 81.4 Å². The third kappa shape index (κ3) is 7.98. The summed E-state index contributed by atoms with van der Waals surface area (Å²) in [5.74, 6) is -0.301. The molecule has 2 atom stereocenters. The van der Waals surface area contributed by atoms with Crippen LogP contribution in [0.15, 0.2) is 47.6 Å². The summed E-state index contributed by atoms with van der Waals surface area (Å²) in [6.07, 6.45) is -0.695. The standard InChI is InChI=1S/C24H29F4N5O2/c1-23(2,3)17-6-4-16(5-7-17)12-21(34)30-22(20-14-33(11-10-25)32-31-20)19-9-8-18(13-29-19)35-15-24(26,27)28/h4-9,14,18,22H,10-13,15H2,1-3H3,(H,30,34)/t18?,22-/m0/s1. The van der Waals surface area contributed by atoms with E-state index in [-0.39, 0.29) is 30.8 Å². The summed E-state index contributed by atoms with van der Waals surface area (Å²) in [7, 11) is 0. The molecule has 190 valence electrons. The Bertz CT molecular complexity index is 1060. The van der Waals surface area contributed by atoms with Crippen molar-refractivity contribution in [2.45, 2.75) is 57.5 Å². The first kappa shape index (κ1) is 26.5. The molecule has 1 aromatic heterocycles. The van der Waals surface area contributed by atoms with E-state index in [0.29, 0.717) is 11.4 Å². The number of halogens is 4. The lowest BCUT2D eigenvalue weighted by Gasteiger charge is -2.22. The van der Waals surface area contributed by atoms with Gasteiger partial charge >= 0.3 is 6.18 Å². The Kier molecular flexibility index (Phi) is 8.42. The Balaban J connectivity index is 1.72. The fraction of sp³-hybridized carbons (Fsp3) is 0.500. The van der Waals surface area contributed by atoms with Gasteiger partial charge in [0, 0.05) is 0 Å². The quantitative estimate of drug-likeness (QED) is 0.535. The molecule has 1 amide bonds. The van der Waals surface area contributed by atoms with Crippen LogP contribution < -0.4 is 5.32 Å². The van der Waals surface area contributed by atoms with Crippen molar-refractivity contribution in [3.63, 3.8) is 0 Å². The number of alkyl halides is 4. The average Bonchev–Trinajstić information content (AvgIpc) is 3.24. The molecule has 2 heterocycles. The number of nitrogens with one attached hydrogen (secondary N) is 1. The van der Waals surface area contributed by atoms with Crippen molar-refractivity contribution in [3.05, 3.63) is 59.4 Å². The van der Waals surface area contributed by atoms with E-state index in [1.54, 1.807) is 0 Å². The predicted octanol–water partition coefficient (Wildman–Crippen LogP) is 3.90. The van der Waals surface area contributed by atoms with Crippen LogP contribution in [0, 0.1) is 0 Å². The van der Waals surface area contributed by atoms with Crippen LogP contribution in [0.5, 0.6) is 0 Å². The van der Waals surface area contributed by atoms with Crippen LogP contribution in [0.3, 0.4) is 0 Å². The van der Waals surface area contributed by atoms with Crippen molar-refractivity contribution < 1.29 is 27.1 Å². The molecular weight excluding hydrogens is 466 g/mol. The second-order valence-electron chi connectivity index (χ2n) is 9.31.